The van der Waals surface area contributed by atoms with Crippen LogP contribution in [0.25, 0.3) is 22.4 Å². The summed E-state index contributed by atoms with van der Waals surface area (Å²) in [6, 6.07) is 19.0. The maximum absolute atomic E-state index is 14.7. The van der Waals surface area contributed by atoms with Gasteiger partial charge in [0.15, 0.2) is 11.6 Å². The van der Waals surface area contributed by atoms with Crippen molar-refractivity contribution in [2.24, 2.45) is 5.14 Å². The van der Waals surface area contributed by atoms with Crippen LogP contribution in [0.1, 0.15) is 10.5 Å². The van der Waals surface area contributed by atoms with Gasteiger partial charge in [0, 0.05) is 16.8 Å². The number of primary sulfonamides is 1. The third-order valence-corrected chi connectivity index (χ3v) is 6.33. The summed E-state index contributed by atoms with van der Waals surface area (Å²) in [6.45, 7) is 3.94. The normalized spacial score (nSPS) is 11.2. The first-order valence-electron chi connectivity index (χ1n) is 10.8. The van der Waals surface area contributed by atoms with Gasteiger partial charge in [-0.15, -0.1) is 6.58 Å². The average molecular weight is 507 g/mol. The number of allylic oxidation sites excluding steroid dienone is 1. The average Bonchev–Trinajstić information content (AvgIpc) is 3.24. The van der Waals surface area contributed by atoms with Crippen molar-refractivity contribution in [1.29, 1.82) is 0 Å². The van der Waals surface area contributed by atoms with Crippen LogP contribution >= 0.6 is 0 Å². The molecule has 4 aromatic rings. The number of nitrogens with one attached hydrogen (secondary N) is 1. The van der Waals surface area contributed by atoms with E-state index >= 15 is 0 Å². The number of rotatable bonds is 8. The van der Waals surface area contributed by atoms with Crippen molar-refractivity contribution < 1.29 is 22.3 Å². The molecule has 4 rings (SSSR count). The highest BCUT2D eigenvalue weighted by Gasteiger charge is 2.26. The van der Waals surface area contributed by atoms with Gasteiger partial charge in [-0.2, -0.15) is 5.10 Å². The number of ether oxygens (including phenoxy) is 1. The molecule has 0 aliphatic heterocycles. The van der Waals surface area contributed by atoms with Crippen molar-refractivity contribution in [1.82, 2.24) is 9.78 Å². The zero-order chi connectivity index (χ0) is 25.9. The van der Waals surface area contributed by atoms with Crippen molar-refractivity contribution in [3.05, 3.63) is 97.0 Å². The largest absolute Gasteiger partial charge is 0.494 e. The molecule has 0 aliphatic carbocycles. The summed E-state index contributed by atoms with van der Waals surface area (Å²) in [6.07, 6.45) is 1.58. The summed E-state index contributed by atoms with van der Waals surface area (Å²) in [5.41, 5.74) is 2.34. The molecule has 8 nitrogen and oxygen atoms in total. The van der Waals surface area contributed by atoms with Crippen molar-refractivity contribution in [2.75, 3.05) is 12.4 Å². The molecule has 1 heterocycles. The molecule has 0 aliphatic rings. The molecule has 0 fully saturated rings. The minimum Gasteiger partial charge on any atom is -0.494 e. The fraction of sp³-hybridized carbons (Fsp3) is 0.0769. The van der Waals surface area contributed by atoms with E-state index in [-0.39, 0.29) is 22.9 Å². The van der Waals surface area contributed by atoms with Gasteiger partial charge in [0.25, 0.3) is 5.91 Å². The first kappa shape index (κ1) is 24.8. The number of anilines is 1. The molecule has 0 saturated carbocycles. The van der Waals surface area contributed by atoms with Gasteiger partial charge in [0.1, 0.15) is 11.4 Å². The lowest BCUT2D eigenvalue weighted by Gasteiger charge is -2.11. The highest BCUT2D eigenvalue weighted by Crippen LogP contribution is 2.37. The van der Waals surface area contributed by atoms with Crippen LogP contribution < -0.4 is 15.2 Å². The van der Waals surface area contributed by atoms with E-state index in [2.05, 4.69) is 17.0 Å². The highest BCUT2D eigenvalue weighted by molar-refractivity contribution is 7.89. The quantitative estimate of drug-likeness (QED) is 0.343. The molecule has 36 heavy (non-hydrogen) atoms. The Hall–Kier alpha value is -4.28. The first-order valence-corrected chi connectivity index (χ1v) is 12.3. The first-order chi connectivity index (χ1) is 17.2. The Bertz CT molecular complexity index is 1530. The standard InChI is InChI=1S/C26H23FN4O4S/c1-3-15-31-25(26(32)29-19-7-5-4-6-8-19)23(18-11-14-22(35-2)21(27)16-18)24(30-31)17-9-12-20(13-10-17)36(28,33)34/h3-14,16H,1,15H2,2H3,(H,29,32)(H2,28,33,34). The third kappa shape index (κ3) is 5.04. The van der Waals surface area contributed by atoms with Crippen LogP contribution in [-0.4, -0.2) is 31.2 Å². The fourth-order valence-corrected chi connectivity index (χ4v) is 4.27. The highest BCUT2D eigenvalue weighted by atomic mass is 32.2. The molecule has 0 atom stereocenters. The number of carbonyl (C=O) groups excluding carboxylic acids is 1. The molecule has 10 heteroatoms. The van der Waals surface area contributed by atoms with Crippen molar-refractivity contribution in [3.63, 3.8) is 0 Å². The molecule has 0 saturated heterocycles. The summed E-state index contributed by atoms with van der Waals surface area (Å²) in [5, 5.41) is 12.7. The minimum atomic E-state index is -3.90. The molecule has 0 radical (unpaired) electrons. The molecule has 3 N–H and O–H groups in total. The van der Waals surface area contributed by atoms with E-state index in [0.29, 0.717) is 28.1 Å². The monoisotopic (exact) mass is 506 g/mol. The molecule has 184 valence electrons. The molecule has 1 amide bonds. The van der Waals surface area contributed by atoms with E-state index < -0.39 is 21.7 Å². The Morgan fingerprint density at radius 3 is 2.36 bits per heavy atom. The number of nitrogens with two attached hydrogens (primary N) is 1. The number of carbonyl (C=O) groups is 1. The zero-order valence-electron chi connectivity index (χ0n) is 19.3. The summed E-state index contributed by atoms with van der Waals surface area (Å²) >= 11 is 0. The number of halogens is 1. The Balaban J connectivity index is 1.95. The van der Waals surface area contributed by atoms with Crippen LogP contribution in [0.15, 0.2) is 90.3 Å². The smallest absolute Gasteiger partial charge is 0.274 e. The zero-order valence-corrected chi connectivity index (χ0v) is 20.1. The topological polar surface area (TPSA) is 116 Å². The second-order valence-electron chi connectivity index (χ2n) is 7.78. The maximum atomic E-state index is 14.7. The number of amides is 1. The number of methoxy groups -OCH3 is 1. The number of aromatic nitrogens is 2. The Kier molecular flexibility index (Phi) is 7.00. The van der Waals surface area contributed by atoms with Gasteiger partial charge in [-0.05, 0) is 42.0 Å². The molecular formula is C26H23FN4O4S. The number of hydrogen-bond donors (Lipinski definition) is 2. The van der Waals surface area contributed by atoms with E-state index in [1.165, 1.54) is 48.2 Å². The van der Waals surface area contributed by atoms with Gasteiger partial charge in [0.05, 0.1) is 18.6 Å². The Morgan fingerprint density at radius 1 is 1.11 bits per heavy atom. The Labute approximate surface area is 207 Å². The summed E-state index contributed by atoms with van der Waals surface area (Å²) in [7, 11) is -2.54. The van der Waals surface area contributed by atoms with E-state index in [4.69, 9.17) is 9.88 Å². The summed E-state index contributed by atoms with van der Waals surface area (Å²) < 4.78 is 44.7. The fourth-order valence-electron chi connectivity index (χ4n) is 3.76. The molecular weight excluding hydrogens is 483 g/mol. The van der Waals surface area contributed by atoms with Crippen LogP contribution in [0.2, 0.25) is 0 Å². The van der Waals surface area contributed by atoms with E-state index in [1.807, 2.05) is 6.07 Å². The van der Waals surface area contributed by atoms with Crippen molar-refractivity contribution >= 4 is 21.6 Å². The molecule has 0 unspecified atom stereocenters. The molecule has 1 aromatic heterocycles. The van der Waals surface area contributed by atoms with Gasteiger partial charge in [-0.1, -0.05) is 42.5 Å². The summed E-state index contributed by atoms with van der Waals surface area (Å²) in [5.74, 6) is -1.03. The van der Waals surface area contributed by atoms with Crippen LogP contribution in [0.5, 0.6) is 5.75 Å². The number of para-hydroxylation sites is 1. The Morgan fingerprint density at radius 2 is 1.78 bits per heavy atom. The molecule has 0 bridgehead atoms. The van der Waals surface area contributed by atoms with Crippen LogP contribution in [-0.2, 0) is 16.6 Å². The molecule has 3 aromatic carbocycles. The lowest BCUT2D eigenvalue weighted by Crippen LogP contribution is -2.18. The minimum absolute atomic E-state index is 0.0478. The third-order valence-electron chi connectivity index (χ3n) is 5.40. The van der Waals surface area contributed by atoms with Crippen LogP contribution in [0.3, 0.4) is 0 Å². The maximum Gasteiger partial charge on any atom is 0.274 e. The predicted octanol–water partition coefficient (Wildman–Crippen LogP) is 4.45. The van der Waals surface area contributed by atoms with Gasteiger partial charge < -0.3 is 10.1 Å². The summed E-state index contributed by atoms with van der Waals surface area (Å²) in [4.78, 5) is 13.4. The second kappa shape index (κ2) is 10.1. The number of benzene rings is 3. The number of nitrogens with zero attached hydrogens (tertiary/aromatic N) is 2. The van der Waals surface area contributed by atoms with Crippen molar-refractivity contribution in [3.8, 4) is 28.1 Å². The number of sulfonamides is 1. The number of hydrogen-bond acceptors (Lipinski definition) is 5. The lowest BCUT2D eigenvalue weighted by atomic mass is 9.98. The van der Waals surface area contributed by atoms with Gasteiger partial charge >= 0.3 is 0 Å². The van der Waals surface area contributed by atoms with Crippen molar-refractivity contribution in [2.45, 2.75) is 11.4 Å². The van der Waals surface area contributed by atoms with E-state index in [9.17, 15) is 17.6 Å². The van der Waals surface area contributed by atoms with Crippen LogP contribution in [0.4, 0.5) is 10.1 Å². The van der Waals surface area contributed by atoms with Gasteiger partial charge in [-0.3, -0.25) is 9.48 Å². The van der Waals surface area contributed by atoms with Crippen LogP contribution in [0, 0.1) is 5.82 Å². The lowest BCUT2D eigenvalue weighted by molar-refractivity contribution is 0.101. The van der Waals surface area contributed by atoms with Gasteiger partial charge in [0.2, 0.25) is 10.0 Å². The SMILES string of the molecule is C=CCn1nc(-c2ccc(S(N)(=O)=O)cc2)c(-c2ccc(OC)c(F)c2)c1C(=O)Nc1ccccc1. The predicted molar refractivity (Wildman–Crippen MR) is 136 cm³/mol. The van der Waals surface area contributed by atoms with E-state index in [1.54, 1.807) is 36.4 Å². The van der Waals surface area contributed by atoms with Gasteiger partial charge in [-0.25, -0.2) is 17.9 Å². The molecule has 0 spiro atoms. The second-order valence-corrected chi connectivity index (χ2v) is 9.34. The van der Waals surface area contributed by atoms with E-state index in [0.717, 1.165) is 0 Å².